The van der Waals surface area contributed by atoms with Crippen molar-refractivity contribution in [2.45, 2.75) is 90.9 Å². The Balaban J connectivity index is 0. The Morgan fingerprint density at radius 3 is 1.22 bits per heavy atom. The van der Waals surface area contributed by atoms with Crippen molar-refractivity contribution in [2.24, 2.45) is 0 Å². The summed E-state index contributed by atoms with van der Waals surface area (Å²) in [5.41, 5.74) is 0. The van der Waals surface area contributed by atoms with Gasteiger partial charge in [-0.05, 0) is 12.8 Å². The third-order valence-corrected chi connectivity index (χ3v) is 3.28. The van der Waals surface area contributed by atoms with Crippen molar-refractivity contribution in [1.29, 1.82) is 0 Å². The van der Waals surface area contributed by atoms with Gasteiger partial charge in [0.15, 0.2) is 0 Å². The van der Waals surface area contributed by atoms with Gasteiger partial charge in [0.1, 0.15) is 0 Å². The van der Waals surface area contributed by atoms with Crippen LogP contribution in [0.1, 0.15) is 90.9 Å². The molecular formula is C16H34OZr. The minimum atomic E-state index is 0. The predicted molar refractivity (Wildman–Crippen MR) is 77.6 cm³/mol. The summed E-state index contributed by atoms with van der Waals surface area (Å²) >= 11 is 0. The summed E-state index contributed by atoms with van der Waals surface area (Å²) in [4.78, 5) is 0. The number of rotatable bonds is 14. The van der Waals surface area contributed by atoms with Gasteiger partial charge in [0.25, 0.3) is 0 Å². The van der Waals surface area contributed by atoms with E-state index in [-0.39, 0.29) is 26.2 Å². The van der Waals surface area contributed by atoms with Gasteiger partial charge < -0.3 is 4.74 Å². The molecule has 0 rings (SSSR count). The maximum absolute atomic E-state index is 5.65. The molecule has 0 saturated carbocycles. The Morgan fingerprint density at radius 1 is 0.500 bits per heavy atom. The van der Waals surface area contributed by atoms with Crippen LogP contribution in [0.3, 0.4) is 0 Å². The van der Waals surface area contributed by atoms with E-state index in [0.717, 1.165) is 13.2 Å². The van der Waals surface area contributed by atoms with Crippen LogP contribution in [-0.4, -0.2) is 13.2 Å². The second-order valence-corrected chi connectivity index (χ2v) is 5.15. The molecule has 0 aromatic rings. The van der Waals surface area contributed by atoms with Crippen molar-refractivity contribution >= 4 is 0 Å². The topological polar surface area (TPSA) is 9.23 Å². The molecule has 0 atom stereocenters. The summed E-state index contributed by atoms with van der Waals surface area (Å²) < 4.78 is 5.65. The van der Waals surface area contributed by atoms with Crippen LogP contribution in [0.25, 0.3) is 0 Å². The fourth-order valence-corrected chi connectivity index (χ4v) is 2.07. The first-order chi connectivity index (χ1) is 8.41. The minimum Gasteiger partial charge on any atom is -0.381 e. The summed E-state index contributed by atoms with van der Waals surface area (Å²) in [7, 11) is 0. The second kappa shape index (κ2) is 20.2. The molecule has 0 radical (unpaired) electrons. The molecule has 0 aromatic carbocycles. The summed E-state index contributed by atoms with van der Waals surface area (Å²) in [5.74, 6) is 0. The maximum atomic E-state index is 5.65. The van der Waals surface area contributed by atoms with Crippen LogP contribution in [0.4, 0.5) is 0 Å². The zero-order valence-electron chi connectivity index (χ0n) is 12.8. The Labute approximate surface area is 135 Å². The van der Waals surface area contributed by atoms with E-state index in [4.69, 9.17) is 4.74 Å². The largest absolute Gasteiger partial charge is 0.381 e. The first kappa shape index (κ1) is 21.1. The van der Waals surface area contributed by atoms with E-state index in [2.05, 4.69) is 13.8 Å². The Hall–Kier alpha value is 0.843. The van der Waals surface area contributed by atoms with E-state index >= 15 is 0 Å². The van der Waals surface area contributed by atoms with Crippen LogP contribution in [-0.2, 0) is 30.9 Å². The first-order valence-electron chi connectivity index (χ1n) is 7.99. The van der Waals surface area contributed by atoms with E-state index < -0.39 is 0 Å². The summed E-state index contributed by atoms with van der Waals surface area (Å²) in [6.45, 7) is 6.51. The van der Waals surface area contributed by atoms with Gasteiger partial charge >= 0.3 is 0 Å². The molecule has 0 N–H and O–H groups in total. The number of ether oxygens (including phenoxy) is 1. The molecule has 0 fully saturated rings. The average Bonchev–Trinajstić information content (AvgIpc) is 2.35. The first-order valence-corrected chi connectivity index (χ1v) is 7.99. The fourth-order valence-electron chi connectivity index (χ4n) is 2.07. The van der Waals surface area contributed by atoms with E-state index in [1.807, 2.05) is 0 Å². The Bertz CT molecular complexity index is 114. The predicted octanol–water partition coefficient (Wildman–Crippen LogP) is 5.72. The SMILES string of the molecule is CCCCCCCCOCCCCCCCC.[Zr]. The van der Waals surface area contributed by atoms with Gasteiger partial charge in [-0.25, -0.2) is 0 Å². The smallest absolute Gasteiger partial charge is 0.0466 e. The van der Waals surface area contributed by atoms with Crippen molar-refractivity contribution in [1.82, 2.24) is 0 Å². The molecule has 0 heterocycles. The molecule has 2 heteroatoms. The minimum absolute atomic E-state index is 0. The van der Waals surface area contributed by atoms with Crippen LogP contribution in [0, 0.1) is 0 Å². The quantitative estimate of drug-likeness (QED) is 0.369. The molecule has 0 aliphatic carbocycles. The second-order valence-electron chi connectivity index (χ2n) is 5.15. The summed E-state index contributed by atoms with van der Waals surface area (Å²) in [6, 6.07) is 0. The van der Waals surface area contributed by atoms with E-state index in [1.54, 1.807) is 0 Å². The molecule has 0 bridgehead atoms. The Morgan fingerprint density at radius 2 is 0.833 bits per heavy atom. The molecule has 0 saturated heterocycles. The van der Waals surface area contributed by atoms with Crippen LogP contribution in [0.2, 0.25) is 0 Å². The normalized spacial score (nSPS) is 10.3. The summed E-state index contributed by atoms with van der Waals surface area (Å²) in [5, 5.41) is 0. The van der Waals surface area contributed by atoms with Crippen molar-refractivity contribution in [3.8, 4) is 0 Å². The summed E-state index contributed by atoms with van der Waals surface area (Å²) in [6.07, 6.45) is 16.3. The standard InChI is InChI=1S/C16H34O.Zr/c1-3-5-7-9-11-13-15-17-16-14-12-10-8-6-4-2;/h3-16H2,1-2H3;. The fraction of sp³-hybridized carbons (Fsp3) is 1.00. The maximum Gasteiger partial charge on any atom is 0.0466 e. The van der Waals surface area contributed by atoms with E-state index in [0.29, 0.717) is 0 Å². The van der Waals surface area contributed by atoms with Crippen molar-refractivity contribution in [3.63, 3.8) is 0 Å². The number of hydrogen-bond acceptors (Lipinski definition) is 1. The van der Waals surface area contributed by atoms with Crippen LogP contribution >= 0.6 is 0 Å². The van der Waals surface area contributed by atoms with Gasteiger partial charge in [-0.3, -0.25) is 0 Å². The number of unbranched alkanes of at least 4 members (excludes halogenated alkanes) is 10. The van der Waals surface area contributed by atoms with Gasteiger partial charge in [-0.15, -0.1) is 0 Å². The zero-order valence-corrected chi connectivity index (χ0v) is 15.3. The number of hydrogen-bond donors (Lipinski definition) is 0. The van der Waals surface area contributed by atoms with Crippen LogP contribution in [0.5, 0.6) is 0 Å². The van der Waals surface area contributed by atoms with Gasteiger partial charge in [0.05, 0.1) is 0 Å². The molecule has 0 aliphatic heterocycles. The molecule has 0 amide bonds. The molecule has 0 aliphatic rings. The van der Waals surface area contributed by atoms with E-state index in [1.165, 1.54) is 77.0 Å². The third kappa shape index (κ3) is 19.2. The Kier molecular flexibility index (Phi) is 23.7. The van der Waals surface area contributed by atoms with Crippen LogP contribution < -0.4 is 0 Å². The van der Waals surface area contributed by atoms with Crippen LogP contribution in [0.15, 0.2) is 0 Å². The van der Waals surface area contributed by atoms with Crippen molar-refractivity contribution in [2.75, 3.05) is 13.2 Å². The van der Waals surface area contributed by atoms with Crippen molar-refractivity contribution in [3.05, 3.63) is 0 Å². The molecule has 18 heavy (non-hydrogen) atoms. The molecule has 0 spiro atoms. The average molecular weight is 334 g/mol. The van der Waals surface area contributed by atoms with E-state index in [9.17, 15) is 0 Å². The van der Waals surface area contributed by atoms with Gasteiger partial charge in [-0.2, -0.15) is 0 Å². The van der Waals surface area contributed by atoms with Gasteiger partial charge in [0.2, 0.25) is 0 Å². The van der Waals surface area contributed by atoms with Crippen molar-refractivity contribution < 1.29 is 30.9 Å². The van der Waals surface area contributed by atoms with Gasteiger partial charge in [-0.1, -0.05) is 78.1 Å². The molecular weight excluding hydrogens is 299 g/mol. The molecule has 0 aromatic heterocycles. The molecule has 1 nitrogen and oxygen atoms in total. The zero-order chi connectivity index (χ0) is 12.6. The van der Waals surface area contributed by atoms with Gasteiger partial charge in [0, 0.05) is 39.4 Å². The molecule has 0 unspecified atom stereocenters. The monoisotopic (exact) mass is 332 g/mol. The third-order valence-electron chi connectivity index (χ3n) is 3.28. The molecule has 108 valence electrons.